The van der Waals surface area contributed by atoms with Crippen LogP contribution in [0.25, 0.3) is 5.57 Å². The summed E-state index contributed by atoms with van der Waals surface area (Å²) in [6, 6.07) is 11.4. The largest absolute Gasteiger partial charge is 0.378 e. The summed E-state index contributed by atoms with van der Waals surface area (Å²) < 4.78 is 5.79. The van der Waals surface area contributed by atoms with Crippen molar-refractivity contribution in [2.45, 2.75) is 32.0 Å². The van der Waals surface area contributed by atoms with Crippen LogP contribution in [-0.2, 0) is 11.3 Å². The third-order valence-electron chi connectivity index (χ3n) is 4.63. The molecular formula is C19H21N3O. The summed E-state index contributed by atoms with van der Waals surface area (Å²) in [7, 11) is 0. The maximum Gasteiger partial charge on any atom is 0.0846 e. The number of fused-ring (bicyclic) bond motifs is 2. The summed E-state index contributed by atoms with van der Waals surface area (Å²) in [6.45, 7) is 4.51. The molecular weight excluding hydrogens is 286 g/mol. The van der Waals surface area contributed by atoms with Gasteiger partial charge in [0.1, 0.15) is 0 Å². The normalized spacial score (nSPS) is 24.3. The van der Waals surface area contributed by atoms with Crippen LogP contribution in [0.1, 0.15) is 23.4 Å². The minimum Gasteiger partial charge on any atom is -0.378 e. The molecule has 4 nitrogen and oxygen atoms in total. The number of rotatable bonds is 3. The molecule has 0 N–H and O–H groups in total. The zero-order chi connectivity index (χ0) is 15.6. The van der Waals surface area contributed by atoms with Crippen molar-refractivity contribution in [3.8, 4) is 0 Å². The van der Waals surface area contributed by atoms with E-state index in [-0.39, 0.29) is 0 Å². The number of hydrogen-bond donors (Lipinski definition) is 0. The molecule has 2 atom stereocenters. The van der Waals surface area contributed by atoms with E-state index in [9.17, 15) is 0 Å². The fourth-order valence-electron chi connectivity index (χ4n) is 3.51. The third kappa shape index (κ3) is 3.05. The second kappa shape index (κ2) is 6.22. The highest BCUT2D eigenvalue weighted by Crippen LogP contribution is 2.32. The fraction of sp³-hybridized carbons (Fsp3) is 0.368. The van der Waals surface area contributed by atoms with Crippen LogP contribution in [0.5, 0.6) is 0 Å². The Morgan fingerprint density at radius 2 is 2.04 bits per heavy atom. The lowest BCUT2D eigenvalue weighted by molar-refractivity contribution is -0.0403. The number of aryl methyl sites for hydroxylation is 1. The van der Waals surface area contributed by atoms with Gasteiger partial charge in [0.25, 0.3) is 0 Å². The second-order valence-electron chi connectivity index (χ2n) is 6.36. The Kier molecular flexibility index (Phi) is 3.93. The van der Waals surface area contributed by atoms with E-state index in [0.29, 0.717) is 12.1 Å². The van der Waals surface area contributed by atoms with Gasteiger partial charge >= 0.3 is 0 Å². The number of ether oxygens (including phenoxy) is 1. The highest BCUT2D eigenvalue weighted by atomic mass is 16.5. The van der Waals surface area contributed by atoms with E-state index in [0.717, 1.165) is 37.6 Å². The van der Waals surface area contributed by atoms with Crippen LogP contribution in [0, 0.1) is 6.92 Å². The van der Waals surface area contributed by atoms with Crippen LogP contribution in [0.4, 0.5) is 0 Å². The highest BCUT2D eigenvalue weighted by Gasteiger charge is 2.35. The van der Waals surface area contributed by atoms with Crippen molar-refractivity contribution in [1.82, 2.24) is 14.9 Å². The Morgan fingerprint density at radius 1 is 1.17 bits per heavy atom. The van der Waals surface area contributed by atoms with Crippen molar-refractivity contribution >= 4 is 5.57 Å². The van der Waals surface area contributed by atoms with Gasteiger partial charge < -0.3 is 4.74 Å². The number of nitrogens with zero attached hydrogens (tertiary/aromatic N) is 3. The monoisotopic (exact) mass is 307 g/mol. The first-order valence-electron chi connectivity index (χ1n) is 8.17. The molecule has 1 fully saturated rings. The van der Waals surface area contributed by atoms with Crippen LogP contribution < -0.4 is 0 Å². The predicted molar refractivity (Wildman–Crippen MR) is 89.7 cm³/mol. The molecule has 2 unspecified atom stereocenters. The topological polar surface area (TPSA) is 38.2 Å². The average molecular weight is 307 g/mol. The summed E-state index contributed by atoms with van der Waals surface area (Å²) in [5, 5.41) is 0. The number of morpholine rings is 1. The highest BCUT2D eigenvalue weighted by molar-refractivity contribution is 5.64. The summed E-state index contributed by atoms with van der Waals surface area (Å²) >= 11 is 0. The maximum absolute atomic E-state index is 5.79. The lowest BCUT2D eigenvalue weighted by Gasteiger charge is -2.44. The zero-order valence-electron chi connectivity index (χ0n) is 13.4. The van der Waals surface area contributed by atoms with Crippen LogP contribution in [-0.4, -0.2) is 40.2 Å². The van der Waals surface area contributed by atoms with Gasteiger partial charge in [-0.15, -0.1) is 0 Å². The van der Waals surface area contributed by atoms with Gasteiger partial charge in [0.15, 0.2) is 0 Å². The van der Waals surface area contributed by atoms with E-state index in [1.807, 2.05) is 13.1 Å². The van der Waals surface area contributed by atoms with Gasteiger partial charge in [0.05, 0.1) is 36.8 Å². The van der Waals surface area contributed by atoms with Crippen molar-refractivity contribution in [1.29, 1.82) is 0 Å². The Morgan fingerprint density at radius 3 is 2.83 bits per heavy atom. The average Bonchev–Trinajstić information content (AvgIpc) is 2.55. The molecule has 2 aliphatic rings. The first-order valence-corrected chi connectivity index (χ1v) is 8.17. The lowest BCUT2D eigenvalue weighted by atomic mass is 9.92. The van der Waals surface area contributed by atoms with E-state index in [4.69, 9.17) is 4.74 Å². The van der Waals surface area contributed by atoms with Gasteiger partial charge in [-0.2, -0.15) is 0 Å². The Bertz CT molecular complexity index is 714. The molecule has 23 heavy (non-hydrogen) atoms. The number of benzene rings is 1. The summed E-state index contributed by atoms with van der Waals surface area (Å²) in [5.74, 6) is 0. The van der Waals surface area contributed by atoms with Crippen LogP contribution >= 0.6 is 0 Å². The molecule has 2 aliphatic heterocycles. The van der Waals surface area contributed by atoms with Crippen molar-refractivity contribution in [3.05, 3.63) is 65.8 Å². The molecule has 0 amide bonds. The van der Waals surface area contributed by atoms with Gasteiger partial charge in [0, 0.05) is 18.8 Å². The zero-order valence-corrected chi connectivity index (χ0v) is 13.4. The van der Waals surface area contributed by atoms with Crippen molar-refractivity contribution in [2.24, 2.45) is 0 Å². The van der Waals surface area contributed by atoms with Gasteiger partial charge in [-0.25, -0.2) is 0 Å². The van der Waals surface area contributed by atoms with Gasteiger partial charge in [-0.3, -0.25) is 14.9 Å². The standard InChI is InChI=1S/C19H21N3O/c1-14-9-20-10-19(21-14)16-7-17-12-23-13-18(8-16)22(17)11-15-5-3-2-4-6-15/h2-7,9-10,17-18H,8,11-13H2,1H3. The van der Waals surface area contributed by atoms with Crippen LogP contribution in [0.3, 0.4) is 0 Å². The van der Waals surface area contributed by atoms with Gasteiger partial charge in [-0.1, -0.05) is 36.4 Å². The summed E-state index contributed by atoms with van der Waals surface area (Å²) in [6.07, 6.45) is 6.98. The van der Waals surface area contributed by atoms with Crippen molar-refractivity contribution in [3.63, 3.8) is 0 Å². The van der Waals surface area contributed by atoms with E-state index in [2.05, 4.69) is 51.3 Å². The molecule has 1 aromatic carbocycles. The molecule has 0 radical (unpaired) electrons. The first-order chi connectivity index (χ1) is 11.3. The van der Waals surface area contributed by atoms with Gasteiger partial charge in [0.2, 0.25) is 0 Å². The molecule has 1 saturated heterocycles. The van der Waals surface area contributed by atoms with E-state index in [1.165, 1.54) is 11.1 Å². The molecule has 0 saturated carbocycles. The Labute approximate surface area is 136 Å². The quantitative estimate of drug-likeness (QED) is 0.874. The molecule has 0 spiro atoms. The molecule has 4 heteroatoms. The Hall–Kier alpha value is -2.04. The minimum atomic E-state index is 0.319. The second-order valence-corrected chi connectivity index (χ2v) is 6.36. The summed E-state index contributed by atoms with van der Waals surface area (Å²) in [4.78, 5) is 11.5. The molecule has 1 aromatic heterocycles. The van der Waals surface area contributed by atoms with Crippen molar-refractivity contribution < 1.29 is 4.74 Å². The molecule has 4 rings (SSSR count). The first kappa shape index (κ1) is 14.5. The number of hydrogen-bond acceptors (Lipinski definition) is 4. The van der Waals surface area contributed by atoms with E-state index >= 15 is 0 Å². The fourth-order valence-corrected chi connectivity index (χ4v) is 3.51. The minimum absolute atomic E-state index is 0.319. The SMILES string of the molecule is Cc1cncc(C2=CC3COCC(C2)N3Cc2ccccc2)n1. The third-order valence-corrected chi connectivity index (χ3v) is 4.63. The lowest BCUT2D eigenvalue weighted by Crippen LogP contribution is -2.53. The Balaban J connectivity index is 1.60. The van der Waals surface area contributed by atoms with E-state index < -0.39 is 0 Å². The molecule has 118 valence electrons. The molecule has 2 aromatic rings. The van der Waals surface area contributed by atoms with Gasteiger partial charge in [-0.05, 0) is 24.5 Å². The summed E-state index contributed by atoms with van der Waals surface area (Å²) in [5.41, 5.74) is 4.65. The van der Waals surface area contributed by atoms with Crippen molar-refractivity contribution in [2.75, 3.05) is 13.2 Å². The van der Waals surface area contributed by atoms with Crippen LogP contribution in [0.2, 0.25) is 0 Å². The molecule has 2 bridgehead atoms. The molecule has 3 heterocycles. The molecule has 0 aliphatic carbocycles. The number of aromatic nitrogens is 2. The smallest absolute Gasteiger partial charge is 0.0846 e. The van der Waals surface area contributed by atoms with E-state index in [1.54, 1.807) is 6.20 Å². The predicted octanol–water partition coefficient (Wildman–Crippen LogP) is 2.84. The maximum atomic E-state index is 5.79. The van der Waals surface area contributed by atoms with Crippen LogP contribution in [0.15, 0.2) is 48.8 Å².